The van der Waals surface area contributed by atoms with Gasteiger partial charge in [0.15, 0.2) is 0 Å². The number of aliphatic hydroxyl groups excluding tert-OH is 1. The summed E-state index contributed by atoms with van der Waals surface area (Å²) in [4.78, 5) is 60.3. The first kappa shape index (κ1) is 34.5. The van der Waals surface area contributed by atoms with Gasteiger partial charge in [0.25, 0.3) is 5.91 Å². The highest BCUT2D eigenvalue weighted by molar-refractivity contribution is 5.99. The Morgan fingerprint density at radius 3 is 2.61 bits per heavy atom. The molecule has 0 radical (unpaired) electrons. The Morgan fingerprint density at radius 1 is 1.06 bits per heavy atom. The zero-order valence-electron chi connectivity index (χ0n) is 28.5. The second kappa shape index (κ2) is 14.4. The van der Waals surface area contributed by atoms with Crippen LogP contribution in [-0.4, -0.2) is 110 Å². The Morgan fingerprint density at radius 2 is 1.84 bits per heavy atom. The number of nitrogens with one attached hydrogen (secondary N) is 1. The summed E-state index contributed by atoms with van der Waals surface area (Å²) in [6.07, 6.45) is 6.16. The van der Waals surface area contributed by atoms with Crippen molar-refractivity contribution in [3.05, 3.63) is 84.5 Å². The molecule has 5 heterocycles. The van der Waals surface area contributed by atoms with Crippen molar-refractivity contribution in [1.29, 1.82) is 0 Å². The lowest BCUT2D eigenvalue weighted by Gasteiger charge is -2.38. The number of carbonyl (C=O) groups is 4. The lowest BCUT2D eigenvalue weighted by atomic mass is 9.74. The maximum absolute atomic E-state index is 15.0. The van der Waals surface area contributed by atoms with Crippen molar-refractivity contribution in [1.82, 2.24) is 30.1 Å². The van der Waals surface area contributed by atoms with E-state index in [0.717, 1.165) is 0 Å². The first-order valence-electron chi connectivity index (χ1n) is 17.4. The fourth-order valence-corrected chi connectivity index (χ4v) is 7.96. The molecule has 0 aliphatic carbocycles. The van der Waals surface area contributed by atoms with Gasteiger partial charge in [-0.15, -0.1) is 5.10 Å². The van der Waals surface area contributed by atoms with Gasteiger partial charge >= 0.3 is 5.97 Å². The number of allylic oxidation sites excluding steroid dienone is 1. The number of fused-ring (bicyclic) bond motifs is 3. The van der Waals surface area contributed by atoms with Gasteiger partial charge in [-0.1, -0.05) is 78.9 Å². The summed E-state index contributed by atoms with van der Waals surface area (Å²) < 4.78 is 19.9. The van der Waals surface area contributed by atoms with Gasteiger partial charge in [-0.2, -0.15) is 0 Å². The van der Waals surface area contributed by atoms with Crippen molar-refractivity contribution in [2.24, 2.45) is 11.8 Å². The number of para-hydroxylation sites is 1. The number of rotatable bonds is 8. The van der Waals surface area contributed by atoms with Crippen molar-refractivity contribution in [2.75, 3.05) is 26.9 Å². The molecule has 4 aliphatic heterocycles. The van der Waals surface area contributed by atoms with Crippen molar-refractivity contribution < 1.29 is 38.5 Å². The number of ether oxygens (including phenoxy) is 3. The number of esters is 1. The standard InChI is InChI=1S/C37H42N6O8/c1-3-24(20-44)43-33-35(47)41(22-42-27-15-10-9-14-25(27)39-40-42)19-11-5-8-16-29(45)38-26(21-49-2)32(23-12-6-4-7-13-23)50-36(48)30-28-17-18-37(33,51-28)31(30)34(43)46/h4-7,9-15,17-18,24,26,28,30-33,44H,3,8,16,19-22H2,1-2H3,(H,38,45)/b11-5-/t24-,26+,28-,30+,31+,32+,33-,37+/m0/s1. The van der Waals surface area contributed by atoms with Gasteiger partial charge in [-0.05, 0) is 30.5 Å². The number of amides is 3. The number of hydrogen-bond donors (Lipinski definition) is 2. The van der Waals surface area contributed by atoms with Crippen molar-refractivity contribution in [3.63, 3.8) is 0 Å². The molecule has 2 aromatic carbocycles. The van der Waals surface area contributed by atoms with Crippen LogP contribution >= 0.6 is 0 Å². The fraction of sp³-hybridized carbons (Fsp3) is 0.459. The Bertz CT molecular complexity index is 1840. The van der Waals surface area contributed by atoms with Crippen LogP contribution in [0.3, 0.4) is 0 Å². The molecule has 0 unspecified atom stereocenters. The summed E-state index contributed by atoms with van der Waals surface area (Å²) >= 11 is 0. The van der Waals surface area contributed by atoms with Crippen LogP contribution in [0.4, 0.5) is 0 Å². The highest BCUT2D eigenvalue weighted by Crippen LogP contribution is 2.56. The van der Waals surface area contributed by atoms with Crippen LogP contribution in [0.15, 0.2) is 78.9 Å². The van der Waals surface area contributed by atoms with Gasteiger partial charge < -0.3 is 34.4 Å². The van der Waals surface area contributed by atoms with E-state index < -0.39 is 65.6 Å². The van der Waals surface area contributed by atoms with E-state index in [4.69, 9.17) is 14.2 Å². The molecular formula is C37H42N6O8. The zero-order chi connectivity index (χ0) is 35.7. The van der Waals surface area contributed by atoms with Gasteiger partial charge in [-0.25, -0.2) is 4.68 Å². The summed E-state index contributed by atoms with van der Waals surface area (Å²) in [7, 11) is 1.50. The molecule has 51 heavy (non-hydrogen) atoms. The van der Waals surface area contributed by atoms with E-state index in [1.165, 1.54) is 12.0 Å². The topological polar surface area (TPSA) is 165 Å². The molecule has 1 spiro atoms. The number of aromatic nitrogens is 3. The summed E-state index contributed by atoms with van der Waals surface area (Å²) in [6.45, 7) is 1.60. The number of cyclic esters (lactones) is 1. The van der Waals surface area contributed by atoms with Gasteiger partial charge in [0, 0.05) is 20.1 Å². The minimum absolute atomic E-state index is 0.00453. The lowest BCUT2D eigenvalue weighted by molar-refractivity contribution is -0.163. The molecule has 2 fully saturated rings. The third-order valence-electron chi connectivity index (χ3n) is 10.4. The third-order valence-corrected chi connectivity index (χ3v) is 10.4. The molecular weight excluding hydrogens is 656 g/mol. The number of likely N-dealkylation sites (tertiary alicyclic amines) is 1. The average molecular weight is 699 g/mol. The van der Waals surface area contributed by atoms with Gasteiger partial charge in [0.1, 0.15) is 35.9 Å². The summed E-state index contributed by atoms with van der Waals surface area (Å²) in [5, 5.41) is 22.1. The number of nitrogens with zero attached hydrogens (tertiary/aromatic N) is 5. The predicted octanol–water partition coefficient (Wildman–Crippen LogP) is 1.90. The molecule has 5 bridgehead atoms. The molecule has 14 nitrogen and oxygen atoms in total. The quantitative estimate of drug-likeness (QED) is 0.262. The minimum Gasteiger partial charge on any atom is -0.455 e. The van der Waals surface area contributed by atoms with Crippen LogP contribution in [0.5, 0.6) is 0 Å². The lowest BCUT2D eigenvalue weighted by Crippen LogP contribution is -2.58. The smallest absolute Gasteiger partial charge is 0.313 e. The Balaban J connectivity index is 1.32. The molecule has 2 N–H and O–H groups in total. The summed E-state index contributed by atoms with van der Waals surface area (Å²) in [5.74, 6) is -4.06. The molecule has 0 saturated carbocycles. The molecule has 14 heteroatoms. The average Bonchev–Trinajstić information content (AvgIpc) is 3.90. The van der Waals surface area contributed by atoms with Crippen LogP contribution < -0.4 is 5.32 Å². The Labute approximate surface area is 295 Å². The molecule has 8 atom stereocenters. The van der Waals surface area contributed by atoms with E-state index in [0.29, 0.717) is 29.4 Å². The van der Waals surface area contributed by atoms with Crippen molar-refractivity contribution in [3.8, 4) is 0 Å². The Kier molecular flexibility index (Phi) is 9.73. The van der Waals surface area contributed by atoms with E-state index >= 15 is 4.79 Å². The normalized spacial score (nSPS) is 30.8. The largest absolute Gasteiger partial charge is 0.455 e. The fourth-order valence-electron chi connectivity index (χ4n) is 7.96. The predicted molar refractivity (Wildman–Crippen MR) is 182 cm³/mol. The summed E-state index contributed by atoms with van der Waals surface area (Å²) in [5.41, 5.74) is 0.511. The highest BCUT2D eigenvalue weighted by Gasteiger charge is 2.74. The SMILES string of the molecule is CC[C@@H](CO)N1C(=O)[C@H]2[C@@H]3C(=O)O[C@H](c4ccccc4)[C@@H](COC)NC(=O)CC/C=C\CN(Cn4nnc5ccccc54)C(=O)[C@H]1[C@@]21C=C[C@@H]3O1. The minimum atomic E-state index is -1.49. The van der Waals surface area contributed by atoms with Crippen LogP contribution in [0.25, 0.3) is 11.0 Å². The van der Waals surface area contributed by atoms with Crippen LogP contribution in [-0.2, 0) is 40.1 Å². The van der Waals surface area contributed by atoms with Crippen LogP contribution in [0.2, 0.25) is 0 Å². The van der Waals surface area contributed by atoms with Crippen molar-refractivity contribution >= 4 is 34.7 Å². The van der Waals surface area contributed by atoms with E-state index in [2.05, 4.69) is 15.6 Å². The second-order valence-electron chi connectivity index (χ2n) is 13.4. The first-order chi connectivity index (χ1) is 24.8. The van der Waals surface area contributed by atoms with E-state index in [-0.39, 0.29) is 38.8 Å². The molecule has 3 aromatic rings. The Hall–Kier alpha value is -4.92. The van der Waals surface area contributed by atoms with Crippen LogP contribution in [0, 0.1) is 11.8 Å². The first-order valence-corrected chi connectivity index (χ1v) is 17.4. The zero-order valence-corrected chi connectivity index (χ0v) is 28.5. The molecule has 2 saturated heterocycles. The van der Waals surface area contributed by atoms with E-state index in [1.807, 2.05) is 55.5 Å². The maximum atomic E-state index is 15.0. The van der Waals surface area contributed by atoms with E-state index in [1.54, 1.807) is 39.9 Å². The van der Waals surface area contributed by atoms with E-state index in [9.17, 15) is 19.5 Å². The highest BCUT2D eigenvalue weighted by atomic mass is 16.6. The van der Waals surface area contributed by atoms with Crippen molar-refractivity contribution in [2.45, 2.75) is 68.8 Å². The molecule has 7 rings (SSSR count). The third kappa shape index (κ3) is 6.10. The maximum Gasteiger partial charge on any atom is 0.313 e. The molecule has 4 aliphatic rings. The summed E-state index contributed by atoms with van der Waals surface area (Å²) in [6, 6.07) is 13.8. The number of methoxy groups -OCH3 is 1. The van der Waals surface area contributed by atoms with Gasteiger partial charge in [-0.3, -0.25) is 19.2 Å². The van der Waals surface area contributed by atoms with Gasteiger partial charge in [0.05, 0.1) is 42.8 Å². The number of carbonyl (C=O) groups excluding carboxylic acids is 4. The molecule has 3 amide bonds. The van der Waals surface area contributed by atoms with Gasteiger partial charge in [0.2, 0.25) is 11.8 Å². The molecule has 268 valence electrons. The van der Waals surface area contributed by atoms with Crippen LogP contribution in [0.1, 0.15) is 37.9 Å². The number of aliphatic hydroxyl groups is 1. The monoisotopic (exact) mass is 698 g/mol. The molecule has 1 aromatic heterocycles. The number of hydrogen-bond acceptors (Lipinski definition) is 10. The number of benzene rings is 2. The second-order valence-corrected chi connectivity index (χ2v) is 13.4.